The zero-order valence-corrected chi connectivity index (χ0v) is 9.79. The maximum absolute atomic E-state index is 9.24. The van der Waals surface area contributed by atoms with Crippen molar-refractivity contribution in [3.05, 3.63) is 12.7 Å². The van der Waals surface area contributed by atoms with Crippen LogP contribution >= 0.6 is 23.5 Å². The van der Waals surface area contributed by atoms with Gasteiger partial charge in [-0.15, -0.1) is 30.1 Å². The summed E-state index contributed by atoms with van der Waals surface area (Å²) >= 11 is 3.97. The lowest BCUT2D eigenvalue weighted by molar-refractivity contribution is 0.181. The van der Waals surface area contributed by atoms with Crippen LogP contribution in [0.15, 0.2) is 12.7 Å². The Morgan fingerprint density at radius 2 is 2.15 bits per heavy atom. The lowest BCUT2D eigenvalue weighted by atomic mass is 10.1. The van der Waals surface area contributed by atoms with Gasteiger partial charge in [0.1, 0.15) is 0 Å². The summed E-state index contributed by atoms with van der Waals surface area (Å²) in [6.45, 7) is 5.77. The van der Waals surface area contributed by atoms with Gasteiger partial charge in [-0.2, -0.15) is 0 Å². The molecule has 0 aliphatic carbocycles. The Morgan fingerprint density at radius 1 is 1.54 bits per heavy atom. The summed E-state index contributed by atoms with van der Waals surface area (Å²) in [7, 11) is 0. The van der Waals surface area contributed by atoms with Gasteiger partial charge in [0.25, 0.3) is 0 Å². The zero-order chi connectivity index (χ0) is 9.73. The first kappa shape index (κ1) is 11.5. The summed E-state index contributed by atoms with van der Waals surface area (Å²) in [5.41, 5.74) is 0. The van der Waals surface area contributed by atoms with Crippen LogP contribution in [0.4, 0.5) is 0 Å². The van der Waals surface area contributed by atoms with Crippen molar-refractivity contribution in [1.29, 1.82) is 0 Å². The summed E-state index contributed by atoms with van der Waals surface area (Å²) in [5, 5.41) is 9.24. The topological polar surface area (TPSA) is 20.2 Å². The van der Waals surface area contributed by atoms with E-state index in [0.717, 1.165) is 12.8 Å². The molecular formula is C10H18OS2. The van der Waals surface area contributed by atoms with Crippen LogP contribution in [0.3, 0.4) is 0 Å². The smallest absolute Gasteiger partial charge is 0.0789 e. The molecule has 0 aromatic heterocycles. The zero-order valence-electron chi connectivity index (χ0n) is 8.16. The second-order valence-electron chi connectivity index (χ2n) is 3.45. The van der Waals surface area contributed by atoms with Crippen LogP contribution in [0.1, 0.15) is 26.2 Å². The van der Waals surface area contributed by atoms with Gasteiger partial charge in [-0.1, -0.05) is 6.08 Å². The lowest BCUT2D eigenvalue weighted by Gasteiger charge is -2.33. The summed E-state index contributed by atoms with van der Waals surface area (Å²) < 4.78 is 0.190. The minimum Gasteiger partial charge on any atom is -0.393 e. The minimum atomic E-state index is -0.181. The monoisotopic (exact) mass is 218 g/mol. The molecular weight excluding hydrogens is 200 g/mol. The minimum absolute atomic E-state index is 0.181. The normalized spacial score (nSPS) is 23.8. The van der Waals surface area contributed by atoms with E-state index in [9.17, 15) is 5.11 Å². The highest BCUT2D eigenvalue weighted by molar-refractivity contribution is 8.19. The van der Waals surface area contributed by atoms with Crippen LogP contribution < -0.4 is 0 Å². The van der Waals surface area contributed by atoms with E-state index in [4.69, 9.17) is 0 Å². The SMILES string of the molecule is C=CC1(CC[C@H](C)O)SCCCS1. The number of hydrogen-bond donors (Lipinski definition) is 1. The molecule has 0 amide bonds. The van der Waals surface area contributed by atoms with E-state index in [-0.39, 0.29) is 10.2 Å². The Bertz CT molecular complexity index is 162. The fourth-order valence-electron chi connectivity index (χ4n) is 1.36. The van der Waals surface area contributed by atoms with Crippen LogP contribution in [0.25, 0.3) is 0 Å². The van der Waals surface area contributed by atoms with E-state index in [0.29, 0.717) is 0 Å². The van der Waals surface area contributed by atoms with Crippen molar-refractivity contribution in [2.24, 2.45) is 0 Å². The molecule has 0 spiro atoms. The average molecular weight is 218 g/mol. The first-order valence-corrected chi connectivity index (χ1v) is 6.75. The van der Waals surface area contributed by atoms with Gasteiger partial charge in [-0.25, -0.2) is 0 Å². The van der Waals surface area contributed by atoms with Crippen LogP contribution in [0, 0.1) is 0 Å². The molecule has 0 aromatic carbocycles. The largest absolute Gasteiger partial charge is 0.393 e. The highest BCUT2D eigenvalue weighted by atomic mass is 32.2. The molecule has 0 bridgehead atoms. The highest BCUT2D eigenvalue weighted by Crippen LogP contribution is 2.46. The summed E-state index contributed by atoms with van der Waals surface area (Å²) in [6.07, 6.45) is 5.11. The van der Waals surface area contributed by atoms with Gasteiger partial charge >= 0.3 is 0 Å². The van der Waals surface area contributed by atoms with E-state index in [1.165, 1.54) is 17.9 Å². The third-order valence-corrected chi connectivity index (χ3v) is 5.61. The van der Waals surface area contributed by atoms with Gasteiger partial charge < -0.3 is 5.11 Å². The molecule has 0 saturated carbocycles. The molecule has 1 atom stereocenters. The fraction of sp³-hybridized carbons (Fsp3) is 0.800. The van der Waals surface area contributed by atoms with Crippen molar-refractivity contribution in [1.82, 2.24) is 0 Å². The number of hydrogen-bond acceptors (Lipinski definition) is 3. The van der Waals surface area contributed by atoms with Crippen molar-refractivity contribution in [3.8, 4) is 0 Å². The maximum Gasteiger partial charge on any atom is 0.0789 e. The van der Waals surface area contributed by atoms with Gasteiger partial charge in [0, 0.05) is 0 Å². The van der Waals surface area contributed by atoms with E-state index in [1.807, 2.05) is 30.4 Å². The molecule has 1 aliphatic heterocycles. The first-order valence-electron chi connectivity index (χ1n) is 4.78. The number of rotatable bonds is 4. The first-order chi connectivity index (χ1) is 6.18. The summed E-state index contributed by atoms with van der Waals surface area (Å²) in [5.74, 6) is 2.47. The van der Waals surface area contributed by atoms with Gasteiger partial charge in [-0.05, 0) is 37.7 Å². The van der Waals surface area contributed by atoms with Crippen LogP contribution in [-0.4, -0.2) is 26.8 Å². The number of aliphatic hydroxyl groups excluding tert-OH is 1. The molecule has 0 unspecified atom stereocenters. The molecule has 1 saturated heterocycles. The van der Waals surface area contributed by atoms with Crippen molar-refractivity contribution < 1.29 is 5.11 Å². The Labute approximate surface area is 89.4 Å². The standard InChI is InChI=1S/C10H18OS2/c1-3-10(6-5-9(2)11)12-7-4-8-13-10/h3,9,11H,1,4-8H2,2H3/t9-/m0/s1. The highest BCUT2D eigenvalue weighted by Gasteiger charge is 2.30. The molecule has 1 rings (SSSR count). The molecule has 76 valence electrons. The molecule has 1 N–H and O–H groups in total. The quantitative estimate of drug-likeness (QED) is 0.733. The van der Waals surface area contributed by atoms with Gasteiger partial charge in [-0.3, -0.25) is 0 Å². The second kappa shape index (κ2) is 5.32. The Balaban J connectivity index is 2.42. The van der Waals surface area contributed by atoms with E-state index in [1.54, 1.807) is 0 Å². The molecule has 0 radical (unpaired) electrons. The maximum atomic E-state index is 9.24. The Kier molecular flexibility index (Phi) is 4.70. The van der Waals surface area contributed by atoms with Crippen LogP contribution in [-0.2, 0) is 0 Å². The predicted octanol–water partition coefficient (Wildman–Crippen LogP) is 2.90. The van der Waals surface area contributed by atoms with Crippen LogP contribution in [0.2, 0.25) is 0 Å². The van der Waals surface area contributed by atoms with E-state index < -0.39 is 0 Å². The average Bonchev–Trinajstić information content (AvgIpc) is 2.16. The van der Waals surface area contributed by atoms with Gasteiger partial charge in [0.15, 0.2) is 0 Å². The Hall–Kier alpha value is 0.400. The van der Waals surface area contributed by atoms with Crippen LogP contribution in [0.5, 0.6) is 0 Å². The predicted molar refractivity (Wildman–Crippen MR) is 63.4 cm³/mol. The number of thioether (sulfide) groups is 2. The molecule has 1 fully saturated rings. The third-order valence-electron chi connectivity index (χ3n) is 2.20. The third kappa shape index (κ3) is 3.56. The second-order valence-corrected chi connectivity index (χ2v) is 6.56. The van der Waals surface area contributed by atoms with Crippen molar-refractivity contribution >= 4 is 23.5 Å². The fourth-order valence-corrected chi connectivity index (χ4v) is 4.41. The van der Waals surface area contributed by atoms with Gasteiger partial charge in [0.05, 0.1) is 10.2 Å². The van der Waals surface area contributed by atoms with Gasteiger partial charge in [0.2, 0.25) is 0 Å². The van der Waals surface area contributed by atoms with E-state index >= 15 is 0 Å². The number of aliphatic hydroxyl groups is 1. The van der Waals surface area contributed by atoms with E-state index in [2.05, 4.69) is 12.7 Å². The molecule has 13 heavy (non-hydrogen) atoms. The Morgan fingerprint density at radius 3 is 2.62 bits per heavy atom. The summed E-state index contributed by atoms with van der Waals surface area (Å²) in [6, 6.07) is 0. The van der Waals surface area contributed by atoms with Crippen molar-refractivity contribution in [2.45, 2.75) is 36.4 Å². The molecule has 0 aromatic rings. The molecule has 1 aliphatic rings. The molecule has 1 nitrogen and oxygen atoms in total. The summed E-state index contributed by atoms with van der Waals surface area (Å²) in [4.78, 5) is 0. The lowest BCUT2D eigenvalue weighted by Crippen LogP contribution is -2.23. The van der Waals surface area contributed by atoms with Crippen molar-refractivity contribution in [2.75, 3.05) is 11.5 Å². The molecule has 3 heteroatoms. The molecule has 1 heterocycles. The van der Waals surface area contributed by atoms with Crippen molar-refractivity contribution in [3.63, 3.8) is 0 Å².